The first-order chi connectivity index (χ1) is 12.1. The van der Waals surface area contributed by atoms with Crippen LogP contribution in [-0.2, 0) is 4.74 Å². The molecule has 1 unspecified atom stereocenters. The number of hydrogen-bond acceptors (Lipinski definition) is 2. The molecule has 1 atom stereocenters. The van der Waals surface area contributed by atoms with E-state index in [-0.39, 0.29) is 17.8 Å². The summed E-state index contributed by atoms with van der Waals surface area (Å²) in [5.41, 5.74) is 3.44. The van der Waals surface area contributed by atoms with Crippen LogP contribution in [0.5, 0.6) is 0 Å². The molecule has 130 valence electrons. The Bertz CT molecular complexity index is 800. The van der Waals surface area contributed by atoms with Gasteiger partial charge in [-0.15, -0.1) is 0 Å². The first-order valence-electron chi connectivity index (χ1n) is 8.89. The highest BCUT2D eigenvalue weighted by Gasteiger charge is 2.36. The molecule has 1 heterocycles. The first-order valence-corrected chi connectivity index (χ1v) is 8.89. The van der Waals surface area contributed by atoms with Crippen LogP contribution < -0.4 is 0 Å². The number of rotatable bonds is 3. The molecular weight excluding hydrogens is 317 g/mol. The van der Waals surface area contributed by atoms with Crippen molar-refractivity contribution in [2.45, 2.75) is 25.9 Å². The number of ether oxygens (including phenoxy) is 1. The van der Waals surface area contributed by atoms with Gasteiger partial charge in [-0.1, -0.05) is 18.2 Å². The van der Waals surface area contributed by atoms with E-state index in [1.165, 1.54) is 25.0 Å². The maximum atomic E-state index is 13.3. The van der Waals surface area contributed by atoms with Gasteiger partial charge in [0.25, 0.3) is 5.91 Å². The molecule has 2 aliphatic rings. The summed E-state index contributed by atoms with van der Waals surface area (Å²) in [5.74, 6) is 0.437. The minimum absolute atomic E-state index is 0.0514. The van der Waals surface area contributed by atoms with Crippen LogP contribution in [0.25, 0.3) is 11.1 Å². The normalized spacial score (nSPS) is 20.6. The number of halogens is 1. The van der Waals surface area contributed by atoms with Crippen molar-refractivity contribution in [2.24, 2.45) is 5.92 Å². The minimum Gasteiger partial charge on any atom is -0.374 e. The van der Waals surface area contributed by atoms with E-state index in [1.54, 1.807) is 6.07 Å². The molecule has 1 aliphatic carbocycles. The van der Waals surface area contributed by atoms with Crippen LogP contribution in [0, 0.1) is 18.7 Å². The molecule has 0 N–H and O–H groups in total. The third-order valence-corrected chi connectivity index (χ3v) is 5.14. The first kappa shape index (κ1) is 16.3. The quantitative estimate of drug-likeness (QED) is 0.844. The maximum absolute atomic E-state index is 13.3. The smallest absolute Gasteiger partial charge is 0.254 e. The molecule has 0 aromatic heterocycles. The fraction of sp³-hybridized carbons (Fsp3) is 0.381. The average Bonchev–Trinajstić information content (AvgIpc) is 3.46. The second kappa shape index (κ2) is 6.60. The molecule has 25 heavy (non-hydrogen) atoms. The van der Waals surface area contributed by atoms with Crippen LogP contribution >= 0.6 is 0 Å². The van der Waals surface area contributed by atoms with Crippen LogP contribution in [0.1, 0.15) is 28.8 Å². The number of benzene rings is 2. The monoisotopic (exact) mass is 339 g/mol. The largest absolute Gasteiger partial charge is 0.374 e. The van der Waals surface area contributed by atoms with Crippen LogP contribution in [0.2, 0.25) is 0 Å². The average molecular weight is 339 g/mol. The molecule has 4 heteroatoms. The minimum atomic E-state index is -0.243. The van der Waals surface area contributed by atoms with Crippen LogP contribution in [0.3, 0.4) is 0 Å². The van der Waals surface area contributed by atoms with E-state index >= 15 is 0 Å². The Morgan fingerprint density at radius 3 is 2.80 bits per heavy atom. The number of hydrogen-bond donors (Lipinski definition) is 0. The number of aryl methyl sites for hydroxylation is 1. The van der Waals surface area contributed by atoms with Gasteiger partial charge in [-0.2, -0.15) is 0 Å². The van der Waals surface area contributed by atoms with Crippen molar-refractivity contribution < 1.29 is 13.9 Å². The predicted octanol–water partition coefficient (Wildman–Crippen LogP) is 4.05. The second-order valence-corrected chi connectivity index (χ2v) is 7.04. The summed E-state index contributed by atoms with van der Waals surface area (Å²) in [4.78, 5) is 14.8. The van der Waals surface area contributed by atoms with Gasteiger partial charge in [-0.25, -0.2) is 4.39 Å². The fourth-order valence-electron chi connectivity index (χ4n) is 3.57. The summed E-state index contributed by atoms with van der Waals surface area (Å²) in [7, 11) is 0. The summed E-state index contributed by atoms with van der Waals surface area (Å²) in [6.07, 6.45) is 2.62. The van der Waals surface area contributed by atoms with E-state index in [9.17, 15) is 9.18 Å². The van der Waals surface area contributed by atoms with E-state index in [1.807, 2.05) is 36.1 Å². The van der Waals surface area contributed by atoms with Crippen molar-refractivity contribution in [1.29, 1.82) is 0 Å². The maximum Gasteiger partial charge on any atom is 0.254 e. The highest BCUT2D eigenvalue weighted by Crippen LogP contribution is 2.36. The SMILES string of the molecule is Cc1cc(F)ccc1-c1cccc(C(=O)N2CCOC(C3CC3)C2)c1. The molecule has 0 radical (unpaired) electrons. The number of amides is 1. The van der Waals surface area contributed by atoms with Gasteiger partial charge in [0.2, 0.25) is 0 Å². The highest BCUT2D eigenvalue weighted by molar-refractivity contribution is 5.95. The van der Waals surface area contributed by atoms with Gasteiger partial charge in [0, 0.05) is 18.7 Å². The molecule has 1 saturated carbocycles. The van der Waals surface area contributed by atoms with Crippen molar-refractivity contribution in [3.63, 3.8) is 0 Å². The van der Waals surface area contributed by atoms with E-state index in [0.717, 1.165) is 16.7 Å². The van der Waals surface area contributed by atoms with Crippen LogP contribution in [0.15, 0.2) is 42.5 Å². The lowest BCUT2D eigenvalue weighted by Crippen LogP contribution is -2.46. The van der Waals surface area contributed by atoms with Crippen LogP contribution in [-0.4, -0.2) is 36.6 Å². The van der Waals surface area contributed by atoms with Crippen molar-refractivity contribution in [2.75, 3.05) is 19.7 Å². The number of nitrogens with zero attached hydrogens (tertiary/aromatic N) is 1. The lowest BCUT2D eigenvalue weighted by atomic mass is 9.98. The molecule has 1 amide bonds. The zero-order valence-corrected chi connectivity index (χ0v) is 14.4. The Labute approximate surface area is 147 Å². The Morgan fingerprint density at radius 1 is 1.20 bits per heavy atom. The predicted molar refractivity (Wildman–Crippen MR) is 94.9 cm³/mol. The molecule has 0 spiro atoms. The van der Waals surface area contributed by atoms with Crippen molar-refractivity contribution in [3.8, 4) is 11.1 Å². The lowest BCUT2D eigenvalue weighted by molar-refractivity contribution is -0.0313. The molecule has 2 fully saturated rings. The van der Waals surface area contributed by atoms with Gasteiger partial charge < -0.3 is 9.64 Å². The molecule has 2 aromatic carbocycles. The molecule has 1 aliphatic heterocycles. The van der Waals surface area contributed by atoms with Gasteiger partial charge >= 0.3 is 0 Å². The van der Waals surface area contributed by atoms with Crippen molar-refractivity contribution in [3.05, 3.63) is 59.4 Å². The summed E-state index contributed by atoms with van der Waals surface area (Å²) in [6, 6.07) is 12.4. The molecular formula is C21H22FNO2. The number of morpholine rings is 1. The van der Waals surface area contributed by atoms with Crippen molar-refractivity contribution >= 4 is 5.91 Å². The van der Waals surface area contributed by atoms with E-state index in [0.29, 0.717) is 31.2 Å². The van der Waals surface area contributed by atoms with E-state index in [4.69, 9.17) is 4.74 Å². The van der Waals surface area contributed by atoms with Gasteiger partial charge in [0.1, 0.15) is 5.82 Å². The fourth-order valence-corrected chi connectivity index (χ4v) is 3.57. The lowest BCUT2D eigenvalue weighted by Gasteiger charge is -2.33. The van der Waals surface area contributed by atoms with E-state index in [2.05, 4.69) is 0 Å². The summed E-state index contributed by atoms with van der Waals surface area (Å²) in [6.45, 7) is 3.82. The third kappa shape index (κ3) is 3.45. The Hall–Kier alpha value is -2.20. The zero-order chi connectivity index (χ0) is 17.4. The van der Waals surface area contributed by atoms with Gasteiger partial charge in [-0.05, 0) is 66.6 Å². The highest BCUT2D eigenvalue weighted by atomic mass is 19.1. The van der Waals surface area contributed by atoms with Gasteiger partial charge in [-0.3, -0.25) is 4.79 Å². The number of carbonyl (C=O) groups excluding carboxylic acids is 1. The van der Waals surface area contributed by atoms with Gasteiger partial charge in [0.05, 0.1) is 12.7 Å². The molecule has 4 rings (SSSR count). The molecule has 0 bridgehead atoms. The Morgan fingerprint density at radius 2 is 2.04 bits per heavy atom. The Kier molecular flexibility index (Phi) is 4.30. The Balaban J connectivity index is 1.57. The zero-order valence-electron chi connectivity index (χ0n) is 14.4. The molecule has 1 saturated heterocycles. The third-order valence-electron chi connectivity index (χ3n) is 5.14. The number of carbonyl (C=O) groups is 1. The van der Waals surface area contributed by atoms with E-state index < -0.39 is 0 Å². The topological polar surface area (TPSA) is 29.5 Å². The second-order valence-electron chi connectivity index (χ2n) is 7.04. The van der Waals surface area contributed by atoms with Gasteiger partial charge in [0.15, 0.2) is 0 Å². The van der Waals surface area contributed by atoms with Crippen LogP contribution in [0.4, 0.5) is 4.39 Å². The summed E-state index contributed by atoms with van der Waals surface area (Å²) < 4.78 is 19.2. The molecule has 2 aromatic rings. The standard InChI is InChI=1S/C21H22FNO2/c1-14-11-18(22)7-8-19(14)16-3-2-4-17(12-16)21(24)23-9-10-25-20(13-23)15-5-6-15/h2-4,7-8,11-12,15,20H,5-6,9-10,13H2,1H3. The summed E-state index contributed by atoms with van der Waals surface area (Å²) >= 11 is 0. The van der Waals surface area contributed by atoms with Crippen molar-refractivity contribution in [1.82, 2.24) is 4.90 Å². The molecule has 3 nitrogen and oxygen atoms in total. The summed E-state index contributed by atoms with van der Waals surface area (Å²) in [5, 5.41) is 0.